The van der Waals surface area contributed by atoms with E-state index in [4.69, 9.17) is 9.26 Å². The SMILES string of the molecule is CCOC1CCN(C(=NC)NCCCc2nc(C(C)C)no2)CC1. The minimum absolute atomic E-state index is 0.305. The van der Waals surface area contributed by atoms with Crippen LogP contribution in [0.2, 0.25) is 0 Å². The molecule has 0 aromatic carbocycles. The standard InChI is InChI=1S/C17H31N5O2/c1-5-23-14-8-11-22(12-9-14)17(18-4)19-10-6-7-15-20-16(13(2)3)21-24-15/h13-14H,5-12H2,1-4H3,(H,18,19). The van der Waals surface area contributed by atoms with E-state index in [-0.39, 0.29) is 0 Å². The van der Waals surface area contributed by atoms with Gasteiger partial charge in [0, 0.05) is 45.6 Å². The summed E-state index contributed by atoms with van der Waals surface area (Å²) in [4.78, 5) is 11.1. The first-order valence-electron chi connectivity index (χ1n) is 9.03. The van der Waals surface area contributed by atoms with Crippen LogP contribution in [-0.4, -0.2) is 60.4 Å². The Balaban J connectivity index is 1.68. The summed E-state index contributed by atoms with van der Waals surface area (Å²) in [5, 5.41) is 7.42. The van der Waals surface area contributed by atoms with Gasteiger partial charge in [-0.2, -0.15) is 4.98 Å². The number of guanidine groups is 1. The van der Waals surface area contributed by atoms with Crippen molar-refractivity contribution in [3.63, 3.8) is 0 Å². The van der Waals surface area contributed by atoms with Gasteiger partial charge in [-0.15, -0.1) is 0 Å². The zero-order chi connectivity index (χ0) is 17.4. The van der Waals surface area contributed by atoms with Crippen LogP contribution in [0.5, 0.6) is 0 Å². The Morgan fingerprint density at radius 1 is 1.42 bits per heavy atom. The summed E-state index contributed by atoms with van der Waals surface area (Å²) >= 11 is 0. The zero-order valence-corrected chi connectivity index (χ0v) is 15.4. The Bertz CT molecular complexity index is 507. The van der Waals surface area contributed by atoms with Gasteiger partial charge in [0.15, 0.2) is 11.8 Å². The molecule has 0 atom stereocenters. The number of aryl methyl sites for hydroxylation is 1. The molecule has 0 radical (unpaired) electrons. The first-order chi connectivity index (χ1) is 11.6. The van der Waals surface area contributed by atoms with Crippen molar-refractivity contribution in [2.45, 2.75) is 58.5 Å². The molecular weight excluding hydrogens is 306 g/mol. The highest BCUT2D eigenvalue weighted by molar-refractivity contribution is 5.79. The van der Waals surface area contributed by atoms with Crippen molar-refractivity contribution in [3.05, 3.63) is 11.7 Å². The van der Waals surface area contributed by atoms with Gasteiger partial charge in [-0.05, 0) is 26.2 Å². The van der Waals surface area contributed by atoms with E-state index in [9.17, 15) is 0 Å². The van der Waals surface area contributed by atoms with Crippen LogP contribution in [0.15, 0.2) is 9.52 Å². The van der Waals surface area contributed by atoms with Gasteiger partial charge < -0.3 is 19.5 Å². The fraction of sp³-hybridized carbons (Fsp3) is 0.824. The van der Waals surface area contributed by atoms with Crippen LogP contribution >= 0.6 is 0 Å². The lowest BCUT2D eigenvalue weighted by atomic mass is 10.1. The topological polar surface area (TPSA) is 75.8 Å². The average Bonchev–Trinajstić information content (AvgIpc) is 3.05. The van der Waals surface area contributed by atoms with E-state index >= 15 is 0 Å². The smallest absolute Gasteiger partial charge is 0.226 e. The zero-order valence-electron chi connectivity index (χ0n) is 15.4. The van der Waals surface area contributed by atoms with Crippen LogP contribution in [0.3, 0.4) is 0 Å². The van der Waals surface area contributed by atoms with Crippen LogP contribution in [0.1, 0.15) is 57.7 Å². The number of hydrogen-bond donors (Lipinski definition) is 1. The highest BCUT2D eigenvalue weighted by Crippen LogP contribution is 2.14. The largest absolute Gasteiger partial charge is 0.378 e. The Kier molecular flexibility index (Phi) is 7.49. The fourth-order valence-corrected chi connectivity index (χ4v) is 2.85. The summed E-state index contributed by atoms with van der Waals surface area (Å²) in [6.07, 6.45) is 4.25. The Morgan fingerprint density at radius 3 is 2.75 bits per heavy atom. The van der Waals surface area contributed by atoms with Gasteiger partial charge in [-0.1, -0.05) is 19.0 Å². The molecule has 136 valence electrons. The van der Waals surface area contributed by atoms with Crippen molar-refractivity contribution in [1.29, 1.82) is 0 Å². The van der Waals surface area contributed by atoms with Gasteiger partial charge in [0.05, 0.1) is 6.10 Å². The van der Waals surface area contributed by atoms with Crippen molar-refractivity contribution < 1.29 is 9.26 Å². The van der Waals surface area contributed by atoms with Gasteiger partial charge in [-0.3, -0.25) is 4.99 Å². The van der Waals surface area contributed by atoms with Crippen LogP contribution in [0.25, 0.3) is 0 Å². The number of likely N-dealkylation sites (tertiary alicyclic amines) is 1. The number of nitrogens with zero attached hydrogens (tertiary/aromatic N) is 4. The maximum absolute atomic E-state index is 5.70. The van der Waals surface area contributed by atoms with Crippen molar-refractivity contribution in [2.75, 3.05) is 33.3 Å². The monoisotopic (exact) mass is 337 g/mol. The number of ether oxygens (including phenoxy) is 1. The van der Waals surface area contributed by atoms with E-state index in [0.717, 1.165) is 63.7 Å². The fourth-order valence-electron chi connectivity index (χ4n) is 2.85. The van der Waals surface area contributed by atoms with Crippen molar-refractivity contribution in [2.24, 2.45) is 4.99 Å². The summed E-state index contributed by atoms with van der Waals surface area (Å²) in [6, 6.07) is 0. The third kappa shape index (κ3) is 5.47. The van der Waals surface area contributed by atoms with E-state index in [1.165, 1.54) is 0 Å². The number of piperidine rings is 1. The minimum Gasteiger partial charge on any atom is -0.378 e. The van der Waals surface area contributed by atoms with Gasteiger partial charge in [0.1, 0.15) is 0 Å². The molecule has 7 nitrogen and oxygen atoms in total. The average molecular weight is 337 g/mol. The molecule has 1 aliphatic rings. The van der Waals surface area contributed by atoms with Crippen LogP contribution in [-0.2, 0) is 11.2 Å². The highest BCUT2D eigenvalue weighted by atomic mass is 16.5. The van der Waals surface area contributed by atoms with Gasteiger partial charge in [0.2, 0.25) is 5.89 Å². The molecule has 0 unspecified atom stereocenters. The Hall–Kier alpha value is -1.63. The van der Waals surface area contributed by atoms with Crippen LogP contribution < -0.4 is 5.32 Å². The quantitative estimate of drug-likeness (QED) is 0.467. The van der Waals surface area contributed by atoms with Gasteiger partial charge >= 0.3 is 0 Å². The molecule has 7 heteroatoms. The molecule has 2 heterocycles. The van der Waals surface area contributed by atoms with Crippen LogP contribution in [0.4, 0.5) is 0 Å². The molecule has 1 aromatic rings. The second-order valence-corrected chi connectivity index (χ2v) is 6.42. The Labute approximate surface area is 144 Å². The third-order valence-electron chi connectivity index (χ3n) is 4.21. The Morgan fingerprint density at radius 2 is 2.17 bits per heavy atom. The molecule has 0 saturated carbocycles. The van der Waals surface area contributed by atoms with E-state index < -0.39 is 0 Å². The molecule has 24 heavy (non-hydrogen) atoms. The normalized spacial score (nSPS) is 16.9. The van der Waals surface area contributed by atoms with Gasteiger partial charge in [0.25, 0.3) is 0 Å². The number of aromatic nitrogens is 2. The lowest BCUT2D eigenvalue weighted by Gasteiger charge is -2.34. The first-order valence-corrected chi connectivity index (χ1v) is 9.03. The minimum atomic E-state index is 0.305. The summed E-state index contributed by atoms with van der Waals surface area (Å²) in [5.41, 5.74) is 0. The molecule has 1 fully saturated rings. The number of nitrogens with one attached hydrogen (secondary N) is 1. The van der Waals surface area contributed by atoms with Crippen molar-refractivity contribution >= 4 is 5.96 Å². The lowest BCUT2D eigenvalue weighted by Crippen LogP contribution is -2.47. The molecule has 1 aromatic heterocycles. The number of rotatable bonds is 7. The van der Waals surface area contributed by atoms with Crippen molar-refractivity contribution in [3.8, 4) is 0 Å². The van der Waals surface area contributed by atoms with Gasteiger partial charge in [-0.25, -0.2) is 0 Å². The molecule has 0 aliphatic carbocycles. The molecule has 1 saturated heterocycles. The molecule has 0 bridgehead atoms. The maximum atomic E-state index is 5.70. The van der Waals surface area contributed by atoms with Crippen molar-refractivity contribution in [1.82, 2.24) is 20.4 Å². The van der Waals surface area contributed by atoms with E-state index in [0.29, 0.717) is 17.9 Å². The second kappa shape index (κ2) is 9.61. The molecular formula is C17H31N5O2. The van der Waals surface area contributed by atoms with E-state index in [1.807, 2.05) is 7.05 Å². The third-order valence-corrected chi connectivity index (χ3v) is 4.21. The molecule has 1 N–H and O–H groups in total. The summed E-state index contributed by atoms with van der Waals surface area (Å²) in [7, 11) is 1.84. The molecule has 0 amide bonds. The molecule has 0 spiro atoms. The lowest BCUT2D eigenvalue weighted by molar-refractivity contribution is 0.0264. The van der Waals surface area contributed by atoms with E-state index in [2.05, 4.69) is 46.1 Å². The number of aliphatic imine (C=N–C) groups is 1. The summed E-state index contributed by atoms with van der Waals surface area (Å²) in [5.74, 6) is 2.77. The predicted octanol–water partition coefficient (Wildman–Crippen LogP) is 2.20. The molecule has 1 aliphatic heterocycles. The highest BCUT2D eigenvalue weighted by Gasteiger charge is 2.21. The second-order valence-electron chi connectivity index (χ2n) is 6.42. The first kappa shape index (κ1) is 18.7. The number of hydrogen-bond acceptors (Lipinski definition) is 5. The summed E-state index contributed by atoms with van der Waals surface area (Å²) < 4.78 is 11.0. The van der Waals surface area contributed by atoms with E-state index in [1.54, 1.807) is 0 Å². The summed E-state index contributed by atoms with van der Waals surface area (Å²) in [6.45, 7) is 9.81. The predicted molar refractivity (Wildman–Crippen MR) is 94.3 cm³/mol. The molecule has 2 rings (SSSR count). The van der Waals surface area contributed by atoms with Crippen LogP contribution in [0, 0.1) is 0 Å². The maximum Gasteiger partial charge on any atom is 0.226 e.